The molecule has 2 amide bonds. The van der Waals surface area contributed by atoms with Crippen LogP contribution in [0.5, 0.6) is 5.75 Å². The highest BCUT2D eigenvalue weighted by Gasteiger charge is 2.22. The Kier molecular flexibility index (Phi) is 4.68. The number of thioether (sulfide) groups is 1. The van der Waals surface area contributed by atoms with Gasteiger partial charge in [0.25, 0.3) is 0 Å². The summed E-state index contributed by atoms with van der Waals surface area (Å²) in [6.45, 7) is 0.597. The average Bonchev–Trinajstić information content (AvgIpc) is 2.82. The van der Waals surface area contributed by atoms with Gasteiger partial charge in [-0.05, 0) is 17.7 Å². The van der Waals surface area contributed by atoms with E-state index in [1.165, 1.54) is 11.8 Å². The zero-order valence-corrected chi connectivity index (χ0v) is 11.5. The van der Waals surface area contributed by atoms with Crippen molar-refractivity contribution in [3.05, 3.63) is 29.8 Å². The summed E-state index contributed by atoms with van der Waals surface area (Å²) < 4.78 is 5.06. The molecule has 0 unspecified atom stereocenters. The van der Waals surface area contributed by atoms with Crippen molar-refractivity contribution in [1.29, 1.82) is 0 Å². The highest BCUT2D eigenvalue weighted by Crippen LogP contribution is 2.14. The molecule has 2 rings (SSSR count). The fourth-order valence-electron chi connectivity index (χ4n) is 1.71. The summed E-state index contributed by atoms with van der Waals surface area (Å²) in [6, 6.07) is 7.50. The van der Waals surface area contributed by atoms with Crippen molar-refractivity contribution in [3.63, 3.8) is 0 Å². The predicted octanol–water partition coefficient (Wildman–Crippen LogP) is 0.844. The first-order valence-electron chi connectivity index (χ1n) is 5.94. The van der Waals surface area contributed by atoms with Crippen LogP contribution in [0, 0.1) is 0 Å². The molecule has 0 bridgehead atoms. The first-order valence-corrected chi connectivity index (χ1v) is 7.09. The molecule has 1 aromatic carbocycles. The monoisotopic (exact) mass is 280 g/mol. The minimum atomic E-state index is -0.133. The number of carbonyl (C=O) groups is 2. The zero-order valence-electron chi connectivity index (χ0n) is 10.7. The third kappa shape index (κ3) is 3.89. The number of ether oxygens (including phenoxy) is 1. The van der Waals surface area contributed by atoms with Crippen LogP contribution in [0.4, 0.5) is 0 Å². The van der Waals surface area contributed by atoms with Gasteiger partial charge < -0.3 is 15.0 Å². The van der Waals surface area contributed by atoms with Gasteiger partial charge in [0.1, 0.15) is 12.3 Å². The van der Waals surface area contributed by atoms with Gasteiger partial charge in [-0.3, -0.25) is 9.59 Å². The van der Waals surface area contributed by atoms with Crippen molar-refractivity contribution in [2.75, 3.05) is 25.3 Å². The molecule has 0 aromatic heterocycles. The Balaban J connectivity index is 1.77. The molecular formula is C13H16N2O3S. The molecule has 0 atom stereocenters. The van der Waals surface area contributed by atoms with E-state index in [2.05, 4.69) is 5.32 Å². The standard InChI is InChI=1S/C13H16N2O3S/c1-18-11-4-2-10(3-5-11)6-14-12(16)7-15-9-19-8-13(15)17/h2-5H,6-9H2,1H3,(H,14,16). The maximum atomic E-state index is 11.7. The minimum Gasteiger partial charge on any atom is -0.497 e. The quantitative estimate of drug-likeness (QED) is 0.868. The van der Waals surface area contributed by atoms with Crippen LogP contribution < -0.4 is 10.1 Å². The van der Waals surface area contributed by atoms with E-state index < -0.39 is 0 Å². The van der Waals surface area contributed by atoms with Gasteiger partial charge in [-0.25, -0.2) is 0 Å². The number of carbonyl (C=O) groups excluding carboxylic acids is 2. The van der Waals surface area contributed by atoms with E-state index in [-0.39, 0.29) is 18.4 Å². The lowest BCUT2D eigenvalue weighted by atomic mass is 10.2. The van der Waals surface area contributed by atoms with E-state index in [0.29, 0.717) is 18.2 Å². The summed E-state index contributed by atoms with van der Waals surface area (Å²) in [5.41, 5.74) is 0.997. The Hall–Kier alpha value is -1.69. The summed E-state index contributed by atoms with van der Waals surface area (Å²) in [4.78, 5) is 24.6. The van der Waals surface area contributed by atoms with Crippen molar-refractivity contribution in [2.45, 2.75) is 6.54 Å². The fourth-order valence-corrected chi connectivity index (χ4v) is 2.62. The molecule has 0 aliphatic carbocycles. The van der Waals surface area contributed by atoms with Gasteiger partial charge in [-0.1, -0.05) is 12.1 Å². The van der Waals surface area contributed by atoms with Crippen LogP contribution in [0.25, 0.3) is 0 Å². The summed E-state index contributed by atoms with van der Waals surface area (Å²) >= 11 is 1.53. The van der Waals surface area contributed by atoms with Gasteiger partial charge in [0.2, 0.25) is 11.8 Å². The summed E-state index contributed by atoms with van der Waals surface area (Å²) in [7, 11) is 1.61. The maximum absolute atomic E-state index is 11.7. The molecule has 5 nitrogen and oxygen atoms in total. The molecule has 6 heteroatoms. The van der Waals surface area contributed by atoms with Crippen molar-refractivity contribution in [3.8, 4) is 5.75 Å². The second-order valence-electron chi connectivity index (χ2n) is 4.19. The van der Waals surface area contributed by atoms with Crippen molar-refractivity contribution in [1.82, 2.24) is 10.2 Å². The molecule has 1 fully saturated rings. The first-order chi connectivity index (χ1) is 9.19. The molecule has 1 aliphatic rings. The lowest BCUT2D eigenvalue weighted by Gasteiger charge is -2.14. The molecule has 1 aromatic rings. The molecule has 1 N–H and O–H groups in total. The molecule has 1 aliphatic heterocycles. The average molecular weight is 280 g/mol. The normalized spacial score (nSPS) is 14.6. The predicted molar refractivity (Wildman–Crippen MR) is 73.9 cm³/mol. The Bertz CT molecular complexity index is 461. The van der Waals surface area contributed by atoms with Crippen molar-refractivity contribution < 1.29 is 14.3 Å². The molecule has 102 valence electrons. The highest BCUT2D eigenvalue weighted by molar-refractivity contribution is 8.00. The van der Waals surface area contributed by atoms with Gasteiger partial charge in [0.15, 0.2) is 0 Å². The lowest BCUT2D eigenvalue weighted by Crippen LogP contribution is -2.37. The molecular weight excluding hydrogens is 264 g/mol. The number of hydrogen-bond acceptors (Lipinski definition) is 4. The van der Waals surface area contributed by atoms with Gasteiger partial charge in [-0.2, -0.15) is 0 Å². The van der Waals surface area contributed by atoms with E-state index in [0.717, 1.165) is 11.3 Å². The Labute approximate surface area is 116 Å². The number of nitrogens with zero attached hydrogens (tertiary/aromatic N) is 1. The number of amides is 2. The molecule has 0 saturated carbocycles. The van der Waals surface area contributed by atoms with Crippen LogP contribution >= 0.6 is 11.8 Å². The van der Waals surface area contributed by atoms with Gasteiger partial charge in [0, 0.05) is 6.54 Å². The van der Waals surface area contributed by atoms with Crippen LogP contribution in [0.1, 0.15) is 5.56 Å². The Morgan fingerprint density at radius 3 is 2.74 bits per heavy atom. The van der Waals surface area contributed by atoms with Crippen LogP contribution in [0.3, 0.4) is 0 Å². The fraction of sp³-hybridized carbons (Fsp3) is 0.385. The zero-order chi connectivity index (χ0) is 13.7. The highest BCUT2D eigenvalue weighted by atomic mass is 32.2. The maximum Gasteiger partial charge on any atom is 0.239 e. The summed E-state index contributed by atoms with van der Waals surface area (Å²) in [6.07, 6.45) is 0. The van der Waals surface area contributed by atoms with Crippen molar-refractivity contribution >= 4 is 23.6 Å². The first kappa shape index (κ1) is 13.7. The van der Waals surface area contributed by atoms with Crippen molar-refractivity contribution in [2.24, 2.45) is 0 Å². The molecule has 1 saturated heterocycles. The summed E-state index contributed by atoms with van der Waals surface area (Å²) in [5, 5.41) is 2.80. The van der Waals surface area contributed by atoms with Crippen LogP contribution in [0.2, 0.25) is 0 Å². The van der Waals surface area contributed by atoms with Gasteiger partial charge >= 0.3 is 0 Å². The largest absolute Gasteiger partial charge is 0.497 e. The van der Waals surface area contributed by atoms with Crippen LogP contribution in [-0.4, -0.2) is 42.0 Å². The van der Waals surface area contributed by atoms with E-state index >= 15 is 0 Å². The summed E-state index contributed by atoms with van der Waals surface area (Å²) in [5.74, 6) is 1.77. The molecule has 0 radical (unpaired) electrons. The molecule has 19 heavy (non-hydrogen) atoms. The number of nitrogens with one attached hydrogen (secondary N) is 1. The number of methoxy groups -OCH3 is 1. The number of rotatable bonds is 5. The number of hydrogen-bond donors (Lipinski definition) is 1. The third-order valence-electron chi connectivity index (χ3n) is 2.81. The second kappa shape index (κ2) is 6.47. The number of benzene rings is 1. The lowest BCUT2D eigenvalue weighted by molar-refractivity contribution is -0.132. The van der Waals surface area contributed by atoms with E-state index in [1.54, 1.807) is 12.0 Å². The van der Waals surface area contributed by atoms with E-state index in [1.807, 2.05) is 24.3 Å². The van der Waals surface area contributed by atoms with Gasteiger partial charge in [-0.15, -0.1) is 11.8 Å². The van der Waals surface area contributed by atoms with Gasteiger partial charge in [0.05, 0.1) is 18.7 Å². The van der Waals surface area contributed by atoms with E-state index in [9.17, 15) is 9.59 Å². The topological polar surface area (TPSA) is 58.6 Å². The molecule has 0 spiro atoms. The second-order valence-corrected chi connectivity index (χ2v) is 5.15. The Morgan fingerprint density at radius 2 is 2.16 bits per heavy atom. The minimum absolute atomic E-state index is 0.0320. The third-order valence-corrected chi connectivity index (χ3v) is 3.75. The van der Waals surface area contributed by atoms with Crippen LogP contribution in [-0.2, 0) is 16.1 Å². The Morgan fingerprint density at radius 1 is 1.42 bits per heavy atom. The molecule has 1 heterocycles. The van der Waals surface area contributed by atoms with Crippen LogP contribution in [0.15, 0.2) is 24.3 Å². The smallest absolute Gasteiger partial charge is 0.239 e. The SMILES string of the molecule is COc1ccc(CNC(=O)CN2CSCC2=O)cc1. The van der Waals surface area contributed by atoms with E-state index in [4.69, 9.17) is 4.74 Å².